The zero-order valence-corrected chi connectivity index (χ0v) is 16.0. The first kappa shape index (κ1) is 21.2. The Morgan fingerprint density at radius 2 is 2.00 bits per heavy atom. The summed E-state index contributed by atoms with van der Waals surface area (Å²) in [5.74, 6) is 4.85. The highest BCUT2D eigenvalue weighted by Gasteiger charge is 2.30. The second kappa shape index (κ2) is 9.72. The van der Waals surface area contributed by atoms with Crippen LogP contribution in [-0.2, 0) is 0 Å². The van der Waals surface area contributed by atoms with Gasteiger partial charge in [-0.25, -0.2) is 9.78 Å². The fourth-order valence-electron chi connectivity index (χ4n) is 2.69. The van der Waals surface area contributed by atoms with Gasteiger partial charge in [-0.3, -0.25) is 0 Å². The molecule has 1 fully saturated rings. The molecule has 1 aliphatic rings. The molecule has 0 unspecified atom stereocenters. The average Bonchev–Trinajstić information content (AvgIpc) is 2.61. The summed E-state index contributed by atoms with van der Waals surface area (Å²) in [6.45, 7) is 0. The van der Waals surface area contributed by atoms with Gasteiger partial charge in [0.2, 0.25) is 0 Å². The smallest absolute Gasteiger partial charge is 0.354 e. The molecule has 0 saturated heterocycles. The van der Waals surface area contributed by atoms with Gasteiger partial charge in [-0.05, 0) is 49.6 Å². The van der Waals surface area contributed by atoms with Crippen LogP contribution < -0.4 is 5.73 Å². The minimum absolute atomic E-state index is 0.0347. The molecule has 0 amide bonds. The highest BCUT2D eigenvalue weighted by atomic mass is 35.5. The summed E-state index contributed by atoms with van der Waals surface area (Å²) in [6.07, 6.45) is 3.16. The van der Waals surface area contributed by atoms with E-state index in [-0.39, 0.29) is 16.9 Å². The lowest BCUT2D eigenvalue weighted by Gasteiger charge is -2.30. The van der Waals surface area contributed by atoms with E-state index in [9.17, 15) is 9.90 Å². The maximum Gasteiger partial charge on any atom is 0.354 e. The molecule has 1 heterocycles. The number of aromatic nitrogens is 1. The lowest BCUT2D eigenvalue weighted by atomic mass is 9.82. The zero-order valence-electron chi connectivity index (χ0n) is 14.5. The van der Waals surface area contributed by atoms with Crippen LogP contribution in [0.25, 0.3) is 0 Å². The van der Waals surface area contributed by atoms with Crippen molar-refractivity contribution < 1.29 is 15.0 Å². The summed E-state index contributed by atoms with van der Waals surface area (Å²) in [5.41, 5.74) is 5.71. The van der Waals surface area contributed by atoms with Gasteiger partial charge in [-0.15, -0.1) is 0 Å². The van der Waals surface area contributed by atoms with Crippen molar-refractivity contribution >= 4 is 29.2 Å². The standard InChI is InChI=1S/C14H16ClNO.C6H4ClNO2/c15-12-4-1-3-11(9-12)6-8-14(17)7-2-5-13(16)10-14;7-5-3-1-2-4(8-5)6(9)10/h1,3-4,9,13,17H,2,5,7,10,16H2;1-3H,(H,9,10)/t13-,14+;/m0./s1. The molecule has 7 heteroatoms. The maximum absolute atomic E-state index is 10.3. The van der Waals surface area contributed by atoms with Gasteiger partial charge in [-0.2, -0.15) is 0 Å². The molecule has 0 aliphatic heterocycles. The molecular formula is C20H20Cl2N2O3. The normalized spacial score (nSPS) is 21.3. The van der Waals surface area contributed by atoms with E-state index in [1.54, 1.807) is 18.2 Å². The summed E-state index contributed by atoms with van der Waals surface area (Å²) >= 11 is 11.3. The summed E-state index contributed by atoms with van der Waals surface area (Å²) in [6, 6.07) is 11.8. The third-order valence-electron chi connectivity index (χ3n) is 3.96. The number of halogens is 2. The van der Waals surface area contributed by atoms with Gasteiger partial charge < -0.3 is 15.9 Å². The molecule has 27 heavy (non-hydrogen) atoms. The summed E-state index contributed by atoms with van der Waals surface area (Å²) in [7, 11) is 0. The lowest BCUT2D eigenvalue weighted by molar-refractivity contribution is 0.0532. The van der Waals surface area contributed by atoms with E-state index < -0.39 is 11.6 Å². The third kappa shape index (κ3) is 7.20. The Balaban J connectivity index is 0.000000223. The lowest BCUT2D eigenvalue weighted by Crippen LogP contribution is -2.40. The number of hydrogen-bond acceptors (Lipinski definition) is 4. The van der Waals surface area contributed by atoms with E-state index in [1.807, 2.05) is 12.1 Å². The van der Waals surface area contributed by atoms with Crippen molar-refractivity contribution in [2.75, 3.05) is 0 Å². The predicted octanol–water partition coefficient (Wildman–Crippen LogP) is 3.76. The SMILES string of the molecule is N[C@H]1CCC[C@@](O)(C#Cc2cccc(Cl)c2)C1.O=C(O)c1cccc(Cl)n1. The predicted molar refractivity (Wildman–Crippen MR) is 106 cm³/mol. The van der Waals surface area contributed by atoms with Crippen LogP contribution in [0.15, 0.2) is 42.5 Å². The number of hydrogen-bond donors (Lipinski definition) is 3. The first-order chi connectivity index (χ1) is 12.8. The highest BCUT2D eigenvalue weighted by molar-refractivity contribution is 6.30. The molecule has 1 aromatic heterocycles. The van der Waals surface area contributed by atoms with Crippen molar-refractivity contribution in [3.8, 4) is 11.8 Å². The molecule has 0 spiro atoms. The third-order valence-corrected chi connectivity index (χ3v) is 4.41. The van der Waals surface area contributed by atoms with E-state index in [1.165, 1.54) is 12.1 Å². The van der Waals surface area contributed by atoms with Crippen LogP contribution in [0.2, 0.25) is 10.2 Å². The molecule has 3 rings (SSSR count). The summed E-state index contributed by atoms with van der Waals surface area (Å²) in [5, 5.41) is 19.5. The molecule has 5 nitrogen and oxygen atoms in total. The number of pyridine rings is 1. The Morgan fingerprint density at radius 1 is 1.26 bits per heavy atom. The molecule has 2 aromatic rings. The number of nitrogens with zero attached hydrogens (tertiary/aromatic N) is 1. The largest absolute Gasteiger partial charge is 0.477 e. The Hall–Kier alpha value is -2.10. The molecule has 1 saturated carbocycles. The van der Waals surface area contributed by atoms with E-state index in [2.05, 4.69) is 16.8 Å². The Morgan fingerprint density at radius 3 is 2.59 bits per heavy atom. The van der Waals surface area contributed by atoms with Crippen molar-refractivity contribution in [3.05, 3.63) is 63.9 Å². The van der Waals surface area contributed by atoms with Crippen LogP contribution in [0.4, 0.5) is 0 Å². The average molecular weight is 407 g/mol. The van der Waals surface area contributed by atoms with Crippen molar-refractivity contribution in [1.82, 2.24) is 4.98 Å². The van der Waals surface area contributed by atoms with Crippen molar-refractivity contribution in [1.29, 1.82) is 0 Å². The monoisotopic (exact) mass is 406 g/mol. The topological polar surface area (TPSA) is 96.4 Å². The van der Waals surface area contributed by atoms with Gasteiger partial charge in [0, 0.05) is 23.0 Å². The van der Waals surface area contributed by atoms with E-state index in [0.717, 1.165) is 18.4 Å². The molecule has 0 radical (unpaired) electrons. The quantitative estimate of drug-likeness (QED) is 0.494. The number of benzene rings is 1. The number of carbonyl (C=O) groups is 1. The van der Waals surface area contributed by atoms with Gasteiger partial charge in [0.1, 0.15) is 16.4 Å². The number of aromatic carboxylic acids is 1. The van der Waals surface area contributed by atoms with Crippen LogP contribution in [0.3, 0.4) is 0 Å². The molecule has 4 N–H and O–H groups in total. The Kier molecular flexibility index (Phi) is 7.64. The van der Waals surface area contributed by atoms with Crippen LogP contribution in [0, 0.1) is 11.8 Å². The van der Waals surface area contributed by atoms with Gasteiger partial charge >= 0.3 is 5.97 Å². The Labute approximate surface area is 168 Å². The first-order valence-electron chi connectivity index (χ1n) is 8.40. The fraction of sp³-hybridized carbons (Fsp3) is 0.300. The van der Waals surface area contributed by atoms with Gasteiger partial charge in [-0.1, -0.05) is 47.2 Å². The van der Waals surface area contributed by atoms with Crippen LogP contribution in [0.1, 0.15) is 41.7 Å². The van der Waals surface area contributed by atoms with E-state index in [0.29, 0.717) is 17.9 Å². The van der Waals surface area contributed by atoms with Gasteiger partial charge in [0.15, 0.2) is 0 Å². The van der Waals surface area contributed by atoms with Crippen LogP contribution in [-0.4, -0.2) is 32.8 Å². The number of carboxylic acids is 1. The van der Waals surface area contributed by atoms with Crippen LogP contribution >= 0.6 is 23.2 Å². The first-order valence-corrected chi connectivity index (χ1v) is 9.15. The number of nitrogens with two attached hydrogens (primary N) is 1. The number of carboxylic acid groups (broad SMARTS) is 1. The van der Waals surface area contributed by atoms with Gasteiger partial charge in [0.05, 0.1) is 0 Å². The van der Waals surface area contributed by atoms with Crippen molar-refractivity contribution in [2.45, 2.75) is 37.3 Å². The molecule has 2 atom stereocenters. The Bertz CT molecular complexity index is 864. The molecule has 1 aromatic carbocycles. The second-order valence-electron chi connectivity index (χ2n) is 6.30. The molecule has 142 valence electrons. The van der Waals surface area contributed by atoms with Crippen LogP contribution in [0.5, 0.6) is 0 Å². The summed E-state index contributed by atoms with van der Waals surface area (Å²) < 4.78 is 0. The maximum atomic E-state index is 10.3. The highest BCUT2D eigenvalue weighted by Crippen LogP contribution is 2.26. The molecule has 0 bridgehead atoms. The molecular weight excluding hydrogens is 387 g/mol. The van der Waals surface area contributed by atoms with Crippen molar-refractivity contribution in [2.24, 2.45) is 5.73 Å². The van der Waals surface area contributed by atoms with Gasteiger partial charge in [0.25, 0.3) is 0 Å². The molecule has 1 aliphatic carbocycles. The second-order valence-corrected chi connectivity index (χ2v) is 7.12. The van der Waals surface area contributed by atoms with E-state index >= 15 is 0 Å². The minimum atomic E-state index is -1.07. The zero-order chi connectivity index (χ0) is 19.9. The summed E-state index contributed by atoms with van der Waals surface area (Å²) in [4.78, 5) is 13.8. The fourth-order valence-corrected chi connectivity index (χ4v) is 3.04. The number of rotatable bonds is 1. The minimum Gasteiger partial charge on any atom is -0.477 e. The van der Waals surface area contributed by atoms with Crippen molar-refractivity contribution in [3.63, 3.8) is 0 Å². The number of aliphatic hydroxyl groups is 1. The van der Waals surface area contributed by atoms with E-state index in [4.69, 9.17) is 34.0 Å².